The molecule has 1 unspecified atom stereocenters. The lowest BCUT2D eigenvalue weighted by Crippen LogP contribution is -2.34. The van der Waals surface area contributed by atoms with E-state index in [1.54, 1.807) is 0 Å². The van der Waals surface area contributed by atoms with Gasteiger partial charge in [-0.1, -0.05) is 172 Å². The standard InChI is InChI=1S/C67H50N2/c1-67(2)59-26-12-7-21-48(59)49-34-31-42(38-60(49)67)65-54-35-32-44(69-63-29-15-10-24-52(63)53-25-11-16-30-64(53)69)40-58(54)66(56-37-41-17-3-4-18-45(41)46-19-5-6-20-47(46)56)55-36-33-43(39-57(55)65)68-61-27-13-8-22-50(61)51-23-9-14-28-62(51)68/h4-15,18-29,31,33-40,44H,3,16-17,30,32H2,1-2H3. The highest BCUT2D eigenvalue weighted by molar-refractivity contribution is 6.14. The largest absolute Gasteiger partial charge is 0.337 e. The Kier molecular flexibility index (Phi) is 8.23. The molecule has 2 heteroatoms. The van der Waals surface area contributed by atoms with Crippen LogP contribution < -0.4 is 10.4 Å². The van der Waals surface area contributed by atoms with E-state index in [0.29, 0.717) is 0 Å². The molecule has 4 aliphatic carbocycles. The number of aromatic nitrogens is 2. The van der Waals surface area contributed by atoms with Gasteiger partial charge in [-0.15, -0.1) is 0 Å². The fraction of sp³-hybridized carbons (Fsp3) is 0.134. The van der Waals surface area contributed by atoms with Crippen molar-refractivity contribution >= 4 is 78.6 Å². The van der Waals surface area contributed by atoms with E-state index in [-0.39, 0.29) is 11.5 Å². The predicted molar refractivity (Wildman–Crippen MR) is 293 cm³/mol. The van der Waals surface area contributed by atoms with E-state index < -0.39 is 0 Å². The van der Waals surface area contributed by atoms with Crippen LogP contribution in [0.5, 0.6) is 0 Å². The van der Waals surface area contributed by atoms with E-state index in [2.05, 4.69) is 223 Å². The maximum atomic E-state index is 2.71. The second-order valence-electron chi connectivity index (χ2n) is 20.5. The average Bonchev–Trinajstić information content (AvgIpc) is 4.00. The number of aryl methyl sites for hydroxylation is 1. The molecule has 0 radical (unpaired) electrons. The van der Waals surface area contributed by atoms with Gasteiger partial charge in [-0.2, -0.15) is 0 Å². The van der Waals surface area contributed by atoms with Crippen LogP contribution in [-0.2, 0) is 18.3 Å². The Balaban J connectivity index is 1.10. The molecular weight excluding hydrogens is 833 g/mol. The summed E-state index contributed by atoms with van der Waals surface area (Å²) < 4.78 is 5.20. The molecule has 69 heavy (non-hydrogen) atoms. The lowest BCUT2D eigenvalue weighted by molar-refractivity contribution is 0.636. The normalized spacial score (nSPS) is 16.3. The van der Waals surface area contributed by atoms with Crippen molar-refractivity contribution in [2.24, 2.45) is 0 Å². The monoisotopic (exact) mass is 882 g/mol. The molecule has 0 bridgehead atoms. The molecule has 1 atom stereocenters. The van der Waals surface area contributed by atoms with Gasteiger partial charge in [-0.3, -0.25) is 0 Å². The van der Waals surface area contributed by atoms with Crippen LogP contribution in [0, 0.1) is 0 Å². The van der Waals surface area contributed by atoms with Crippen LogP contribution in [0.2, 0.25) is 0 Å². The predicted octanol–water partition coefficient (Wildman–Crippen LogP) is 15.8. The van der Waals surface area contributed by atoms with Crippen LogP contribution in [0.15, 0.2) is 176 Å². The summed E-state index contributed by atoms with van der Waals surface area (Å²) in [7, 11) is 0. The molecule has 11 aromatic rings. The van der Waals surface area contributed by atoms with Crippen LogP contribution in [-0.4, -0.2) is 9.13 Å². The molecule has 0 N–H and O–H groups in total. The first-order valence-electron chi connectivity index (χ1n) is 25.1. The Labute approximate surface area is 402 Å². The van der Waals surface area contributed by atoms with Gasteiger partial charge in [0, 0.05) is 44.0 Å². The minimum atomic E-state index is -0.133. The van der Waals surface area contributed by atoms with Gasteiger partial charge in [0.2, 0.25) is 0 Å². The second kappa shape index (κ2) is 14.5. The van der Waals surface area contributed by atoms with Crippen LogP contribution in [0.25, 0.3) is 118 Å². The second-order valence-corrected chi connectivity index (χ2v) is 20.5. The number of hydrogen-bond donors (Lipinski definition) is 0. The molecule has 328 valence electrons. The topological polar surface area (TPSA) is 9.86 Å². The Morgan fingerprint density at radius 2 is 1.14 bits per heavy atom. The number of fused-ring (bicyclic) bond motifs is 14. The first kappa shape index (κ1) is 39.1. The number of allylic oxidation sites excluding steroid dienone is 2. The van der Waals surface area contributed by atoms with E-state index in [4.69, 9.17) is 0 Å². The van der Waals surface area contributed by atoms with Gasteiger partial charge in [0.15, 0.2) is 0 Å². The molecule has 0 aliphatic heterocycles. The zero-order chi connectivity index (χ0) is 45.5. The molecule has 4 aliphatic rings. The molecule has 0 amide bonds. The van der Waals surface area contributed by atoms with Crippen molar-refractivity contribution in [1.82, 2.24) is 9.13 Å². The fourth-order valence-corrected chi connectivity index (χ4v) is 13.5. The lowest BCUT2D eigenvalue weighted by atomic mass is 9.79. The third kappa shape index (κ3) is 5.49. The van der Waals surface area contributed by atoms with E-state index in [1.165, 1.54) is 137 Å². The van der Waals surface area contributed by atoms with Gasteiger partial charge < -0.3 is 9.13 Å². The van der Waals surface area contributed by atoms with Crippen LogP contribution >= 0.6 is 0 Å². The number of benzene rings is 9. The summed E-state index contributed by atoms with van der Waals surface area (Å²) in [6.07, 6.45) is 19.9. The molecule has 0 saturated carbocycles. The van der Waals surface area contributed by atoms with Crippen molar-refractivity contribution < 1.29 is 0 Å². The van der Waals surface area contributed by atoms with E-state index in [1.807, 2.05) is 0 Å². The van der Waals surface area contributed by atoms with Gasteiger partial charge in [0.1, 0.15) is 0 Å². The molecular formula is C67H50N2. The number of rotatable bonds is 4. The molecule has 2 heterocycles. The number of nitrogens with zero attached hydrogens (tertiary/aromatic N) is 2. The minimum Gasteiger partial charge on any atom is -0.337 e. The molecule has 2 aromatic heterocycles. The third-order valence-electron chi connectivity index (χ3n) is 16.5. The fourth-order valence-electron chi connectivity index (χ4n) is 13.5. The quantitative estimate of drug-likeness (QED) is 0.167. The van der Waals surface area contributed by atoms with Gasteiger partial charge >= 0.3 is 0 Å². The molecule has 0 fully saturated rings. The number of para-hydroxylation sites is 3. The van der Waals surface area contributed by atoms with Crippen LogP contribution in [0.4, 0.5) is 0 Å². The van der Waals surface area contributed by atoms with Crippen LogP contribution in [0.3, 0.4) is 0 Å². The average molecular weight is 883 g/mol. The van der Waals surface area contributed by atoms with Gasteiger partial charge in [0.25, 0.3) is 0 Å². The van der Waals surface area contributed by atoms with Crippen LogP contribution in [0.1, 0.15) is 72.7 Å². The van der Waals surface area contributed by atoms with E-state index >= 15 is 0 Å². The first-order valence-corrected chi connectivity index (χ1v) is 25.1. The maximum Gasteiger partial charge on any atom is 0.0563 e. The first-order chi connectivity index (χ1) is 34.0. The van der Waals surface area contributed by atoms with Crippen molar-refractivity contribution in [2.45, 2.75) is 57.4 Å². The van der Waals surface area contributed by atoms with Crippen molar-refractivity contribution in [3.05, 3.63) is 220 Å². The Morgan fingerprint density at radius 1 is 0.478 bits per heavy atom. The lowest BCUT2D eigenvalue weighted by Gasteiger charge is -2.26. The zero-order valence-corrected chi connectivity index (χ0v) is 39.1. The zero-order valence-electron chi connectivity index (χ0n) is 39.1. The highest BCUT2D eigenvalue weighted by Crippen LogP contribution is 2.50. The van der Waals surface area contributed by atoms with Crippen molar-refractivity contribution in [1.29, 1.82) is 0 Å². The number of hydrogen-bond acceptors (Lipinski definition) is 0. The van der Waals surface area contributed by atoms with Gasteiger partial charge in [-0.05, 0) is 162 Å². The smallest absolute Gasteiger partial charge is 0.0563 e. The van der Waals surface area contributed by atoms with E-state index in [0.717, 1.165) is 32.1 Å². The molecule has 2 nitrogen and oxygen atoms in total. The molecule has 0 spiro atoms. The maximum absolute atomic E-state index is 2.71. The summed E-state index contributed by atoms with van der Waals surface area (Å²) in [5.74, 6) is 0. The Hall–Kier alpha value is -7.94. The highest BCUT2D eigenvalue weighted by atomic mass is 15.0. The minimum absolute atomic E-state index is 0.133. The molecule has 9 aromatic carbocycles. The Bertz CT molecular complexity index is 4200. The van der Waals surface area contributed by atoms with Crippen molar-refractivity contribution in [3.63, 3.8) is 0 Å². The molecule has 15 rings (SSSR count). The van der Waals surface area contributed by atoms with Crippen molar-refractivity contribution in [3.8, 4) is 39.1 Å². The van der Waals surface area contributed by atoms with Gasteiger partial charge in [-0.25, -0.2) is 0 Å². The third-order valence-corrected chi connectivity index (χ3v) is 16.5. The summed E-state index contributed by atoms with van der Waals surface area (Å²) in [6, 6.07) is 62.7. The summed E-state index contributed by atoms with van der Waals surface area (Å²) in [5.41, 5.74) is 21.3. The summed E-state index contributed by atoms with van der Waals surface area (Å²) >= 11 is 0. The highest BCUT2D eigenvalue weighted by Gasteiger charge is 2.36. The van der Waals surface area contributed by atoms with Gasteiger partial charge in [0.05, 0.1) is 17.1 Å². The van der Waals surface area contributed by atoms with E-state index in [9.17, 15) is 0 Å². The summed E-state index contributed by atoms with van der Waals surface area (Å²) in [6.45, 7) is 4.83. The SMILES string of the molecule is CC1(C)c2ccccc2-c2ccc(-c3c4c(c(-c5cc6c(c7ccccc57)C=CCC6)c5ccc(-n6c7ccccc7c7ccccc76)cc35)=CC(n3c5c(c6ccccc63)C=CCC5)CC=4)cc21. The Morgan fingerprint density at radius 3 is 1.96 bits per heavy atom. The summed E-state index contributed by atoms with van der Waals surface area (Å²) in [4.78, 5) is 0. The van der Waals surface area contributed by atoms with Crippen molar-refractivity contribution in [2.75, 3.05) is 0 Å². The summed E-state index contributed by atoms with van der Waals surface area (Å²) in [5, 5.41) is 11.8. The molecule has 0 saturated heterocycles.